The molecule has 1 aromatic rings. The molecule has 1 N–H and O–H groups in total. The Morgan fingerprint density at radius 2 is 1.89 bits per heavy atom. The minimum Gasteiger partial charge on any atom is -0.731 e. The third kappa shape index (κ3) is 7.54. The SMILES string of the molecule is CC(C)(C)OC(=O)c1cccc(NS(=O)(=O)[O-])c1.[Na+]. The summed E-state index contributed by atoms with van der Waals surface area (Å²) in [6, 6.07) is 5.52. The van der Waals surface area contributed by atoms with E-state index in [-0.39, 0.29) is 40.8 Å². The molecule has 0 saturated carbocycles. The van der Waals surface area contributed by atoms with Crippen LogP contribution in [0.25, 0.3) is 0 Å². The molecule has 0 amide bonds. The van der Waals surface area contributed by atoms with Crippen LogP contribution < -0.4 is 34.3 Å². The molecule has 0 aliphatic carbocycles. The zero-order chi connectivity index (χ0) is 14.0. The van der Waals surface area contributed by atoms with E-state index in [1.807, 2.05) is 0 Å². The molecule has 0 aromatic heterocycles. The smallest absolute Gasteiger partial charge is 0.731 e. The summed E-state index contributed by atoms with van der Waals surface area (Å²) in [4.78, 5) is 11.7. The van der Waals surface area contributed by atoms with Crippen molar-refractivity contribution in [3.63, 3.8) is 0 Å². The Bertz CT molecular complexity index is 550. The summed E-state index contributed by atoms with van der Waals surface area (Å²) < 4.78 is 38.4. The van der Waals surface area contributed by atoms with Gasteiger partial charge >= 0.3 is 35.5 Å². The number of esters is 1. The van der Waals surface area contributed by atoms with Gasteiger partial charge in [-0.15, -0.1) is 0 Å². The summed E-state index contributed by atoms with van der Waals surface area (Å²) >= 11 is 0. The first-order chi connectivity index (χ1) is 8.07. The van der Waals surface area contributed by atoms with Crippen molar-refractivity contribution in [2.24, 2.45) is 0 Å². The largest absolute Gasteiger partial charge is 1.00 e. The van der Waals surface area contributed by atoms with E-state index < -0.39 is 21.9 Å². The third-order valence-electron chi connectivity index (χ3n) is 1.74. The summed E-state index contributed by atoms with van der Waals surface area (Å²) in [5.74, 6) is -0.588. The topological polar surface area (TPSA) is 95.5 Å². The second-order valence-electron chi connectivity index (χ2n) is 4.64. The van der Waals surface area contributed by atoms with Crippen molar-refractivity contribution in [2.75, 3.05) is 4.72 Å². The molecule has 0 saturated heterocycles. The summed E-state index contributed by atoms with van der Waals surface area (Å²) in [6.45, 7) is 5.15. The number of hydrogen-bond acceptors (Lipinski definition) is 5. The van der Waals surface area contributed by atoms with Crippen molar-refractivity contribution >= 4 is 22.0 Å². The van der Waals surface area contributed by atoms with Crippen LogP contribution in [0.1, 0.15) is 31.1 Å². The van der Waals surface area contributed by atoms with Gasteiger partial charge in [0, 0.05) is 5.69 Å². The van der Waals surface area contributed by atoms with Crippen LogP contribution >= 0.6 is 0 Å². The van der Waals surface area contributed by atoms with Gasteiger partial charge in [0.15, 0.2) is 10.3 Å². The van der Waals surface area contributed by atoms with E-state index in [2.05, 4.69) is 0 Å². The third-order valence-corrected chi connectivity index (χ3v) is 2.23. The van der Waals surface area contributed by atoms with Crippen LogP contribution in [-0.4, -0.2) is 24.5 Å². The maximum Gasteiger partial charge on any atom is 1.00 e. The van der Waals surface area contributed by atoms with Crippen LogP contribution in [0.4, 0.5) is 5.69 Å². The summed E-state index contributed by atoms with van der Waals surface area (Å²) in [6.07, 6.45) is 0. The van der Waals surface area contributed by atoms with Crippen LogP contribution in [0.3, 0.4) is 0 Å². The molecular weight excluding hydrogens is 281 g/mol. The van der Waals surface area contributed by atoms with Gasteiger partial charge in [-0.3, -0.25) is 4.72 Å². The molecule has 1 rings (SSSR count). The summed E-state index contributed by atoms with van der Waals surface area (Å²) in [7, 11) is -4.61. The zero-order valence-corrected chi connectivity index (χ0v) is 14.1. The number of benzene rings is 1. The van der Waals surface area contributed by atoms with Crippen molar-refractivity contribution in [1.29, 1.82) is 0 Å². The molecule has 0 aliphatic heterocycles. The first-order valence-electron chi connectivity index (χ1n) is 5.14. The quantitative estimate of drug-likeness (QED) is 0.417. The zero-order valence-electron chi connectivity index (χ0n) is 11.3. The summed E-state index contributed by atoms with van der Waals surface area (Å²) in [5, 5.41) is 0. The number of carbonyl (C=O) groups is 1. The first-order valence-corrected chi connectivity index (χ1v) is 6.55. The minimum atomic E-state index is -4.61. The van der Waals surface area contributed by atoms with Crippen molar-refractivity contribution in [1.82, 2.24) is 0 Å². The molecule has 8 heteroatoms. The fraction of sp³-hybridized carbons (Fsp3) is 0.364. The van der Waals surface area contributed by atoms with Crippen LogP contribution in [-0.2, 0) is 15.0 Å². The average molecular weight is 295 g/mol. The molecule has 1 aromatic carbocycles. The van der Waals surface area contributed by atoms with Gasteiger partial charge in [-0.1, -0.05) is 6.07 Å². The first kappa shape index (κ1) is 18.4. The molecule has 6 nitrogen and oxygen atoms in total. The van der Waals surface area contributed by atoms with Gasteiger partial charge in [0.2, 0.25) is 0 Å². The Hall–Kier alpha value is -0.600. The Morgan fingerprint density at radius 1 is 1.32 bits per heavy atom. The van der Waals surface area contributed by atoms with Gasteiger partial charge in [0.05, 0.1) is 5.56 Å². The Kier molecular flexibility index (Phi) is 6.50. The molecule has 0 spiro atoms. The molecule has 0 aliphatic rings. The van der Waals surface area contributed by atoms with Crippen molar-refractivity contribution < 1.29 is 52.1 Å². The van der Waals surface area contributed by atoms with Gasteiger partial charge in [0.25, 0.3) is 0 Å². The van der Waals surface area contributed by atoms with E-state index in [0.29, 0.717) is 0 Å². The van der Waals surface area contributed by atoms with Crippen LogP contribution in [0.5, 0.6) is 0 Å². The second-order valence-corrected chi connectivity index (χ2v) is 5.75. The fourth-order valence-corrected chi connectivity index (χ4v) is 1.61. The normalized spacial score (nSPS) is 11.4. The molecule has 0 heterocycles. The van der Waals surface area contributed by atoms with E-state index in [4.69, 9.17) is 4.74 Å². The molecule has 0 atom stereocenters. The van der Waals surface area contributed by atoms with E-state index in [9.17, 15) is 17.8 Å². The van der Waals surface area contributed by atoms with Gasteiger partial charge in [-0.05, 0) is 39.0 Å². The summed E-state index contributed by atoms with van der Waals surface area (Å²) in [5.41, 5.74) is -0.461. The van der Waals surface area contributed by atoms with Crippen LogP contribution in [0, 0.1) is 0 Å². The molecule has 19 heavy (non-hydrogen) atoms. The maximum atomic E-state index is 11.7. The Labute approximate surface area is 134 Å². The van der Waals surface area contributed by atoms with Gasteiger partial charge in [-0.2, -0.15) is 0 Å². The molecular formula is C11H14NNaO5S. The number of ether oxygens (including phenoxy) is 1. The molecule has 0 fully saturated rings. The number of hydrogen-bond donors (Lipinski definition) is 1. The number of nitrogens with one attached hydrogen (secondary N) is 1. The van der Waals surface area contributed by atoms with Crippen molar-refractivity contribution in [2.45, 2.75) is 26.4 Å². The van der Waals surface area contributed by atoms with E-state index in [0.717, 1.165) is 0 Å². The standard InChI is InChI=1S/C11H15NO5S.Na/c1-11(2,3)17-10(13)8-5-4-6-9(7-8)12-18(14,15)16;/h4-7,12H,1-3H3,(H,14,15,16);/q;+1/p-1. The maximum absolute atomic E-state index is 11.7. The molecule has 100 valence electrons. The molecule has 0 unspecified atom stereocenters. The number of anilines is 1. The second kappa shape index (κ2) is 6.71. The van der Waals surface area contributed by atoms with E-state index >= 15 is 0 Å². The van der Waals surface area contributed by atoms with Gasteiger partial charge < -0.3 is 9.29 Å². The predicted octanol–water partition coefficient (Wildman–Crippen LogP) is -1.48. The Morgan fingerprint density at radius 3 is 2.37 bits per heavy atom. The van der Waals surface area contributed by atoms with Gasteiger partial charge in [-0.25, -0.2) is 13.2 Å². The predicted molar refractivity (Wildman–Crippen MR) is 64.9 cm³/mol. The Balaban J connectivity index is 0.00000324. The molecule has 0 radical (unpaired) electrons. The van der Waals surface area contributed by atoms with Crippen molar-refractivity contribution in [3.05, 3.63) is 29.8 Å². The number of rotatable bonds is 3. The van der Waals surface area contributed by atoms with E-state index in [1.54, 1.807) is 25.5 Å². The monoisotopic (exact) mass is 295 g/mol. The van der Waals surface area contributed by atoms with Gasteiger partial charge in [0.1, 0.15) is 5.60 Å². The van der Waals surface area contributed by atoms with Crippen molar-refractivity contribution in [3.8, 4) is 0 Å². The fourth-order valence-electron chi connectivity index (χ4n) is 1.19. The van der Waals surface area contributed by atoms with Crippen LogP contribution in [0.2, 0.25) is 0 Å². The molecule has 0 bridgehead atoms. The average Bonchev–Trinajstić information content (AvgIpc) is 2.12. The minimum absolute atomic E-state index is 0. The van der Waals surface area contributed by atoms with E-state index in [1.165, 1.54) is 24.3 Å². The van der Waals surface area contributed by atoms with Crippen LogP contribution in [0.15, 0.2) is 24.3 Å². The number of carbonyl (C=O) groups excluding carboxylic acids is 1.